The number of aliphatic hydroxyl groups is 1. The summed E-state index contributed by atoms with van der Waals surface area (Å²) in [5, 5.41) is 9.08. The first-order valence-electron chi connectivity index (χ1n) is 4.83. The molecule has 0 bridgehead atoms. The van der Waals surface area contributed by atoms with E-state index in [1.807, 2.05) is 0 Å². The average molecular weight is 216 g/mol. The van der Waals surface area contributed by atoms with Gasteiger partial charge >= 0.3 is 0 Å². The van der Waals surface area contributed by atoms with Crippen LogP contribution >= 0.6 is 0 Å². The van der Waals surface area contributed by atoms with E-state index in [4.69, 9.17) is 5.11 Å². The van der Waals surface area contributed by atoms with E-state index in [1.165, 1.54) is 6.07 Å². The summed E-state index contributed by atoms with van der Waals surface area (Å²) in [5.74, 6) is -0.745. The molecule has 4 heteroatoms. The van der Waals surface area contributed by atoms with Crippen molar-refractivity contribution >= 4 is 0 Å². The van der Waals surface area contributed by atoms with Gasteiger partial charge in [0.1, 0.15) is 5.82 Å². The van der Waals surface area contributed by atoms with Crippen molar-refractivity contribution in [3.63, 3.8) is 0 Å². The lowest BCUT2D eigenvalue weighted by molar-refractivity contribution is 0.0744. The molecule has 15 heavy (non-hydrogen) atoms. The highest BCUT2D eigenvalue weighted by atomic mass is 19.3. The molecule has 1 aromatic carbocycles. The normalized spacial score (nSPS) is 25.4. The smallest absolute Gasteiger partial charge is 0.266 e. The Kier molecular flexibility index (Phi) is 2.69. The Morgan fingerprint density at radius 2 is 1.93 bits per heavy atom. The van der Waals surface area contributed by atoms with Crippen LogP contribution in [-0.4, -0.2) is 11.2 Å². The van der Waals surface area contributed by atoms with Crippen LogP contribution in [0.2, 0.25) is 0 Å². The summed E-state index contributed by atoms with van der Waals surface area (Å²) in [6, 6.07) is 3.79. The van der Waals surface area contributed by atoms with Crippen molar-refractivity contribution < 1.29 is 18.3 Å². The molecule has 0 aliphatic heterocycles. The van der Waals surface area contributed by atoms with Crippen LogP contribution in [0.5, 0.6) is 0 Å². The molecule has 0 saturated heterocycles. The van der Waals surface area contributed by atoms with Gasteiger partial charge in [-0.25, -0.2) is 13.2 Å². The van der Waals surface area contributed by atoms with Gasteiger partial charge in [0.2, 0.25) is 0 Å². The maximum Gasteiger partial charge on any atom is 0.266 e. The second-order valence-electron chi connectivity index (χ2n) is 3.90. The maximum absolute atomic E-state index is 13.2. The van der Waals surface area contributed by atoms with Gasteiger partial charge in [0.25, 0.3) is 6.43 Å². The van der Waals surface area contributed by atoms with Gasteiger partial charge in [-0.15, -0.1) is 0 Å². The third kappa shape index (κ3) is 2.00. The number of hydrogen-bond donors (Lipinski definition) is 1. The third-order valence-electron chi connectivity index (χ3n) is 2.84. The van der Waals surface area contributed by atoms with Crippen LogP contribution in [0.25, 0.3) is 0 Å². The fraction of sp³-hybridized carbons (Fsp3) is 0.455. The minimum absolute atomic E-state index is 0.112. The highest BCUT2D eigenvalue weighted by Gasteiger charge is 2.29. The van der Waals surface area contributed by atoms with Crippen LogP contribution in [0.3, 0.4) is 0 Å². The van der Waals surface area contributed by atoms with Crippen molar-refractivity contribution in [2.24, 2.45) is 0 Å². The molecule has 1 aliphatic carbocycles. The molecule has 0 amide bonds. The van der Waals surface area contributed by atoms with Crippen molar-refractivity contribution in [3.05, 3.63) is 35.1 Å². The second-order valence-corrected chi connectivity index (χ2v) is 3.90. The first-order valence-corrected chi connectivity index (χ1v) is 4.83. The molecule has 1 fully saturated rings. The zero-order chi connectivity index (χ0) is 11.0. The zero-order valence-corrected chi connectivity index (χ0v) is 7.96. The van der Waals surface area contributed by atoms with Crippen molar-refractivity contribution in [3.8, 4) is 0 Å². The first-order chi connectivity index (χ1) is 7.08. The minimum Gasteiger partial charge on any atom is -0.393 e. The van der Waals surface area contributed by atoms with Crippen LogP contribution in [0.4, 0.5) is 13.2 Å². The molecule has 1 aliphatic rings. The van der Waals surface area contributed by atoms with Crippen LogP contribution in [0.15, 0.2) is 18.2 Å². The molecular formula is C11H11F3O. The van der Waals surface area contributed by atoms with E-state index >= 15 is 0 Å². The van der Waals surface area contributed by atoms with Crippen LogP contribution < -0.4 is 0 Å². The van der Waals surface area contributed by atoms with Crippen molar-refractivity contribution in [1.29, 1.82) is 0 Å². The largest absolute Gasteiger partial charge is 0.393 e. The topological polar surface area (TPSA) is 20.2 Å². The summed E-state index contributed by atoms with van der Waals surface area (Å²) in [5.41, 5.74) is 0.140. The standard InChI is InChI=1S/C11H11F3O/c12-10-5-6(7-3-8(15)4-7)1-2-9(10)11(13)14/h1-2,5,7-8,11,15H,3-4H2/t7-,8-. The zero-order valence-electron chi connectivity index (χ0n) is 7.96. The first kappa shape index (κ1) is 10.5. The highest BCUT2D eigenvalue weighted by Crippen LogP contribution is 2.37. The lowest BCUT2D eigenvalue weighted by Gasteiger charge is -2.31. The van der Waals surface area contributed by atoms with Gasteiger partial charge < -0.3 is 5.11 Å². The molecule has 0 spiro atoms. The Hall–Kier alpha value is -1.03. The molecule has 0 atom stereocenters. The molecule has 2 rings (SSSR count). The average Bonchev–Trinajstić information content (AvgIpc) is 2.12. The monoisotopic (exact) mass is 216 g/mol. The van der Waals surface area contributed by atoms with Crippen LogP contribution in [0.1, 0.15) is 36.3 Å². The fourth-order valence-corrected chi connectivity index (χ4v) is 1.83. The molecule has 0 radical (unpaired) electrons. The predicted octanol–water partition coefficient (Wildman–Crippen LogP) is 3.00. The number of aliphatic hydroxyl groups excluding tert-OH is 1. The molecule has 1 nitrogen and oxygen atoms in total. The summed E-state index contributed by atoms with van der Waals surface area (Å²) in [4.78, 5) is 0. The summed E-state index contributed by atoms with van der Waals surface area (Å²) >= 11 is 0. The molecule has 0 unspecified atom stereocenters. The Morgan fingerprint density at radius 3 is 2.40 bits per heavy atom. The molecule has 1 N–H and O–H groups in total. The quantitative estimate of drug-likeness (QED) is 0.805. The van der Waals surface area contributed by atoms with E-state index in [0.717, 1.165) is 12.1 Å². The SMILES string of the molecule is O[C@H]1C[C@H](c2ccc(C(F)F)c(F)c2)C1. The summed E-state index contributed by atoms with van der Waals surface area (Å²) in [6.07, 6.45) is -1.92. The Balaban J connectivity index is 2.18. The van der Waals surface area contributed by atoms with Gasteiger partial charge in [0.15, 0.2) is 0 Å². The Bertz CT molecular complexity index is 359. The molecule has 0 heterocycles. The number of halogens is 3. The molecule has 82 valence electrons. The highest BCUT2D eigenvalue weighted by molar-refractivity contribution is 5.29. The van der Waals surface area contributed by atoms with Gasteiger partial charge in [-0.3, -0.25) is 0 Å². The molecule has 0 aromatic heterocycles. The number of benzene rings is 1. The number of rotatable bonds is 2. The van der Waals surface area contributed by atoms with Gasteiger partial charge in [-0.05, 0) is 30.4 Å². The third-order valence-corrected chi connectivity index (χ3v) is 2.84. The van der Waals surface area contributed by atoms with Gasteiger partial charge in [-0.2, -0.15) is 0 Å². The van der Waals surface area contributed by atoms with Crippen LogP contribution in [0, 0.1) is 5.82 Å². The van der Waals surface area contributed by atoms with Gasteiger partial charge in [0.05, 0.1) is 11.7 Å². The predicted molar refractivity (Wildman–Crippen MR) is 49.3 cm³/mol. The van der Waals surface area contributed by atoms with Crippen molar-refractivity contribution in [2.45, 2.75) is 31.3 Å². The van der Waals surface area contributed by atoms with Crippen LogP contribution in [-0.2, 0) is 0 Å². The van der Waals surface area contributed by atoms with E-state index < -0.39 is 17.8 Å². The van der Waals surface area contributed by atoms with E-state index in [0.29, 0.717) is 18.4 Å². The number of alkyl halides is 2. The van der Waals surface area contributed by atoms with Crippen molar-refractivity contribution in [2.75, 3.05) is 0 Å². The second kappa shape index (κ2) is 3.85. The van der Waals surface area contributed by atoms with E-state index in [9.17, 15) is 13.2 Å². The summed E-state index contributed by atoms with van der Waals surface area (Å²) in [7, 11) is 0. The minimum atomic E-state index is -2.77. The lowest BCUT2D eigenvalue weighted by atomic mass is 9.77. The summed E-state index contributed by atoms with van der Waals surface area (Å²) < 4.78 is 37.7. The summed E-state index contributed by atoms with van der Waals surface area (Å²) in [6.45, 7) is 0. The van der Waals surface area contributed by atoms with Gasteiger partial charge in [0, 0.05) is 0 Å². The Morgan fingerprint density at radius 1 is 1.27 bits per heavy atom. The van der Waals surface area contributed by atoms with E-state index in [-0.39, 0.29) is 12.0 Å². The lowest BCUT2D eigenvalue weighted by Crippen LogP contribution is -2.26. The van der Waals surface area contributed by atoms with Crippen molar-refractivity contribution in [1.82, 2.24) is 0 Å². The van der Waals surface area contributed by atoms with Gasteiger partial charge in [-0.1, -0.05) is 12.1 Å². The van der Waals surface area contributed by atoms with E-state index in [2.05, 4.69) is 0 Å². The molecule has 1 aromatic rings. The number of hydrogen-bond acceptors (Lipinski definition) is 1. The maximum atomic E-state index is 13.2. The van der Waals surface area contributed by atoms with E-state index in [1.54, 1.807) is 0 Å². The molecule has 1 saturated carbocycles. The fourth-order valence-electron chi connectivity index (χ4n) is 1.83. The molecular weight excluding hydrogens is 205 g/mol. The Labute approximate surface area is 85.5 Å².